The van der Waals surface area contributed by atoms with Gasteiger partial charge in [0.15, 0.2) is 5.69 Å². The molecule has 0 unspecified atom stereocenters. The minimum atomic E-state index is -0.293. The highest BCUT2D eigenvalue weighted by Crippen LogP contribution is 2.17. The first kappa shape index (κ1) is 20.5. The first-order chi connectivity index (χ1) is 14.0. The minimum Gasteiger partial charge on any atom is -0.348 e. The molecule has 0 fully saturated rings. The van der Waals surface area contributed by atoms with Crippen LogP contribution in [0.4, 0.5) is 0 Å². The first-order valence-electron chi connectivity index (χ1n) is 9.74. The van der Waals surface area contributed by atoms with Crippen LogP contribution in [0.15, 0.2) is 54.7 Å². The number of benzene rings is 1. The number of carbonyl (C=O) groups is 2. The van der Waals surface area contributed by atoms with Gasteiger partial charge in [-0.2, -0.15) is 0 Å². The maximum absolute atomic E-state index is 13.2. The van der Waals surface area contributed by atoms with Crippen molar-refractivity contribution in [3.63, 3.8) is 0 Å². The lowest BCUT2D eigenvalue weighted by Crippen LogP contribution is -2.32. The number of aromatic nitrogens is 2. The number of hydrogen-bond acceptors (Lipinski definition) is 4. The van der Waals surface area contributed by atoms with E-state index in [9.17, 15) is 9.59 Å². The predicted octanol–water partition coefficient (Wildman–Crippen LogP) is 2.29. The van der Waals surface area contributed by atoms with E-state index in [0.717, 1.165) is 12.1 Å². The number of imidazole rings is 1. The summed E-state index contributed by atoms with van der Waals surface area (Å²) in [5, 5.41) is 2.87. The molecule has 29 heavy (non-hydrogen) atoms. The number of amides is 2. The monoisotopic (exact) mass is 393 g/mol. The van der Waals surface area contributed by atoms with Gasteiger partial charge >= 0.3 is 0 Å². The number of fused-ring (bicyclic) bond motifs is 1. The van der Waals surface area contributed by atoms with Gasteiger partial charge in [0.1, 0.15) is 0 Å². The molecule has 0 aliphatic rings. The number of carbonyl (C=O) groups excluding carboxylic acids is 2. The molecule has 0 aliphatic carbocycles. The van der Waals surface area contributed by atoms with Crippen LogP contribution < -0.4 is 5.32 Å². The second-order valence-corrected chi connectivity index (χ2v) is 7.10. The second-order valence-electron chi connectivity index (χ2n) is 7.10. The van der Waals surface area contributed by atoms with Gasteiger partial charge in [0.2, 0.25) is 5.82 Å². The van der Waals surface area contributed by atoms with E-state index >= 15 is 0 Å². The van der Waals surface area contributed by atoms with E-state index in [1.165, 1.54) is 0 Å². The highest BCUT2D eigenvalue weighted by molar-refractivity contribution is 6.02. The average Bonchev–Trinajstić information content (AvgIpc) is 3.12. The molecule has 0 aliphatic heterocycles. The molecular formula is C22H27N5O2. The molecule has 1 aromatic carbocycles. The highest BCUT2D eigenvalue weighted by atomic mass is 16.2. The van der Waals surface area contributed by atoms with E-state index in [4.69, 9.17) is 0 Å². The Kier molecular flexibility index (Phi) is 6.61. The van der Waals surface area contributed by atoms with Crippen molar-refractivity contribution in [3.8, 4) is 0 Å². The Bertz CT molecular complexity index is 981. The molecule has 0 spiro atoms. The van der Waals surface area contributed by atoms with Gasteiger partial charge < -0.3 is 15.1 Å². The third kappa shape index (κ3) is 4.81. The summed E-state index contributed by atoms with van der Waals surface area (Å²) in [7, 11) is 3.89. The molecule has 0 atom stereocenters. The maximum atomic E-state index is 13.2. The van der Waals surface area contributed by atoms with E-state index in [-0.39, 0.29) is 17.6 Å². The van der Waals surface area contributed by atoms with Crippen molar-refractivity contribution in [1.82, 2.24) is 24.5 Å². The third-order valence-corrected chi connectivity index (χ3v) is 4.68. The molecule has 3 aromatic rings. The molecule has 0 radical (unpaired) electrons. The highest BCUT2D eigenvalue weighted by Gasteiger charge is 2.24. The van der Waals surface area contributed by atoms with Crippen molar-refractivity contribution in [1.29, 1.82) is 0 Å². The lowest BCUT2D eigenvalue weighted by atomic mass is 10.2. The molecule has 0 saturated heterocycles. The van der Waals surface area contributed by atoms with Crippen LogP contribution in [-0.4, -0.2) is 64.7 Å². The summed E-state index contributed by atoms with van der Waals surface area (Å²) >= 11 is 0. The van der Waals surface area contributed by atoms with Gasteiger partial charge in [0, 0.05) is 32.4 Å². The Morgan fingerprint density at radius 2 is 1.79 bits per heavy atom. The van der Waals surface area contributed by atoms with Gasteiger partial charge in [-0.3, -0.25) is 14.0 Å². The number of rotatable bonds is 8. The van der Waals surface area contributed by atoms with Gasteiger partial charge in [-0.25, -0.2) is 4.98 Å². The van der Waals surface area contributed by atoms with Crippen LogP contribution in [0.5, 0.6) is 0 Å². The molecule has 152 valence electrons. The number of hydrogen-bond donors (Lipinski definition) is 1. The zero-order valence-corrected chi connectivity index (χ0v) is 17.1. The Labute approximate surface area is 171 Å². The molecule has 0 bridgehead atoms. The molecule has 7 heteroatoms. The summed E-state index contributed by atoms with van der Waals surface area (Å²) in [4.78, 5) is 34.1. The molecule has 0 saturated carbocycles. The van der Waals surface area contributed by atoms with Crippen molar-refractivity contribution in [2.45, 2.75) is 13.5 Å². The topological polar surface area (TPSA) is 70.0 Å². The van der Waals surface area contributed by atoms with Crippen molar-refractivity contribution in [2.24, 2.45) is 0 Å². The van der Waals surface area contributed by atoms with Crippen molar-refractivity contribution in [2.75, 3.05) is 33.7 Å². The van der Waals surface area contributed by atoms with Crippen LogP contribution >= 0.6 is 0 Å². The molecule has 2 amide bonds. The molecule has 2 aromatic heterocycles. The van der Waals surface area contributed by atoms with Crippen molar-refractivity contribution < 1.29 is 9.59 Å². The van der Waals surface area contributed by atoms with E-state index in [0.29, 0.717) is 30.8 Å². The quantitative estimate of drug-likeness (QED) is 0.638. The number of likely N-dealkylation sites (N-methyl/N-ethyl adjacent to an activating group) is 1. The van der Waals surface area contributed by atoms with E-state index < -0.39 is 0 Å². The number of nitrogens with one attached hydrogen (secondary N) is 1. The number of pyridine rings is 1. The van der Waals surface area contributed by atoms with Crippen LogP contribution in [0.1, 0.15) is 33.6 Å². The summed E-state index contributed by atoms with van der Waals surface area (Å²) in [6.45, 7) is 4.21. The van der Waals surface area contributed by atoms with Gasteiger partial charge in [0.05, 0.1) is 5.52 Å². The smallest absolute Gasteiger partial charge is 0.287 e. The van der Waals surface area contributed by atoms with Crippen LogP contribution in [0.3, 0.4) is 0 Å². The lowest BCUT2D eigenvalue weighted by molar-refractivity contribution is 0.0749. The summed E-state index contributed by atoms with van der Waals surface area (Å²) in [5.74, 6) is -0.260. The zero-order valence-electron chi connectivity index (χ0n) is 17.1. The largest absolute Gasteiger partial charge is 0.348 e. The van der Waals surface area contributed by atoms with Gasteiger partial charge in [-0.05, 0) is 38.7 Å². The van der Waals surface area contributed by atoms with E-state index in [2.05, 4.69) is 10.3 Å². The summed E-state index contributed by atoms with van der Waals surface area (Å²) in [6, 6.07) is 15.3. The average molecular weight is 393 g/mol. The van der Waals surface area contributed by atoms with Crippen LogP contribution in [0, 0.1) is 0 Å². The molecular weight excluding hydrogens is 366 g/mol. The Hall–Kier alpha value is -3.19. The van der Waals surface area contributed by atoms with Crippen LogP contribution in [-0.2, 0) is 6.54 Å². The lowest BCUT2D eigenvalue weighted by Gasteiger charge is -2.20. The van der Waals surface area contributed by atoms with Crippen LogP contribution in [0.25, 0.3) is 5.52 Å². The fraction of sp³-hybridized carbons (Fsp3) is 0.318. The van der Waals surface area contributed by atoms with Crippen molar-refractivity contribution in [3.05, 3.63) is 71.8 Å². The molecule has 3 rings (SSSR count). The first-order valence-corrected chi connectivity index (χ1v) is 9.74. The fourth-order valence-corrected chi connectivity index (χ4v) is 3.11. The van der Waals surface area contributed by atoms with Crippen LogP contribution in [0.2, 0.25) is 0 Å². The minimum absolute atomic E-state index is 0.188. The Morgan fingerprint density at radius 1 is 1.07 bits per heavy atom. The summed E-state index contributed by atoms with van der Waals surface area (Å²) in [6.07, 6.45) is 1.76. The fourth-order valence-electron chi connectivity index (χ4n) is 3.11. The maximum Gasteiger partial charge on any atom is 0.287 e. The Balaban J connectivity index is 1.88. The van der Waals surface area contributed by atoms with Gasteiger partial charge in [0.25, 0.3) is 11.8 Å². The second kappa shape index (κ2) is 9.34. The predicted molar refractivity (Wildman–Crippen MR) is 113 cm³/mol. The van der Waals surface area contributed by atoms with Crippen molar-refractivity contribution >= 4 is 17.3 Å². The zero-order chi connectivity index (χ0) is 20.8. The molecule has 2 heterocycles. The SMILES string of the molecule is CCN(Cc1ccccc1)C(=O)c1nc(C(=O)NCCN(C)C)n2ccccc12. The normalized spacial score (nSPS) is 11.0. The molecule has 1 N–H and O–H groups in total. The standard InChI is InChI=1S/C22H27N5O2/c1-4-26(16-17-10-6-5-7-11-17)22(29)19-18-12-8-9-14-27(18)20(24-19)21(28)23-13-15-25(2)3/h5-12,14H,4,13,15-16H2,1-3H3,(H,23,28). The summed E-state index contributed by atoms with van der Waals surface area (Å²) < 4.78 is 1.68. The van der Waals surface area contributed by atoms with Gasteiger partial charge in [-0.15, -0.1) is 0 Å². The summed E-state index contributed by atoms with van der Waals surface area (Å²) in [5.41, 5.74) is 1.97. The number of nitrogens with zero attached hydrogens (tertiary/aromatic N) is 4. The van der Waals surface area contributed by atoms with E-state index in [1.54, 1.807) is 15.5 Å². The van der Waals surface area contributed by atoms with Gasteiger partial charge in [-0.1, -0.05) is 36.4 Å². The third-order valence-electron chi connectivity index (χ3n) is 4.68. The van der Waals surface area contributed by atoms with E-state index in [1.807, 2.05) is 74.4 Å². The Morgan fingerprint density at radius 3 is 2.48 bits per heavy atom. The molecule has 7 nitrogen and oxygen atoms in total.